The maximum Gasteiger partial charge on any atom is 0.243 e. The summed E-state index contributed by atoms with van der Waals surface area (Å²) >= 11 is 3.97. The van der Waals surface area contributed by atoms with E-state index < -0.39 is 0 Å². The maximum atomic E-state index is 5.46. The molecule has 1 aromatic rings. The van der Waals surface area contributed by atoms with Crippen molar-refractivity contribution in [2.45, 2.75) is 42.7 Å². The van der Waals surface area contributed by atoms with E-state index in [2.05, 4.69) is 22.4 Å². The van der Waals surface area contributed by atoms with Crippen molar-refractivity contribution in [2.75, 3.05) is 18.1 Å². The number of piperidine rings is 1. The molecule has 0 spiro atoms. The highest BCUT2D eigenvalue weighted by atomic mass is 32.2. The second-order valence-corrected chi connectivity index (χ2v) is 7.60. The highest BCUT2D eigenvalue weighted by molar-refractivity contribution is 8.06. The SMILES string of the molecule is CC1SCCSC1c1noc(C2CCCCN2)n1. The topological polar surface area (TPSA) is 51.0 Å². The Hall–Kier alpha value is -0.200. The molecular formula is C12H19N3OS2. The molecule has 6 heteroatoms. The quantitative estimate of drug-likeness (QED) is 0.902. The van der Waals surface area contributed by atoms with Gasteiger partial charge in [-0.1, -0.05) is 18.5 Å². The molecule has 3 rings (SSSR count). The molecule has 2 aliphatic rings. The van der Waals surface area contributed by atoms with E-state index in [1.807, 2.05) is 23.5 Å². The number of nitrogens with one attached hydrogen (secondary N) is 1. The molecule has 1 N–H and O–H groups in total. The van der Waals surface area contributed by atoms with Gasteiger partial charge in [0.15, 0.2) is 5.82 Å². The van der Waals surface area contributed by atoms with Gasteiger partial charge in [0, 0.05) is 16.8 Å². The fourth-order valence-electron chi connectivity index (χ4n) is 2.48. The molecule has 2 aliphatic heterocycles. The third-order valence-electron chi connectivity index (χ3n) is 3.51. The number of nitrogens with zero attached hydrogens (tertiary/aromatic N) is 2. The van der Waals surface area contributed by atoms with Crippen LogP contribution in [0.15, 0.2) is 4.52 Å². The van der Waals surface area contributed by atoms with Gasteiger partial charge >= 0.3 is 0 Å². The monoisotopic (exact) mass is 285 g/mol. The lowest BCUT2D eigenvalue weighted by Gasteiger charge is -2.25. The Morgan fingerprint density at radius 3 is 2.94 bits per heavy atom. The highest BCUT2D eigenvalue weighted by Crippen LogP contribution is 2.41. The molecule has 18 heavy (non-hydrogen) atoms. The van der Waals surface area contributed by atoms with Crippen LogP contribution in [0.3, 0.4) is 0 Å². The number of hydrogen-bond acceptors (Lipinski definition) is 6. The van der Waals surface area contributed by atoms with Gasteiger partial charge in [-0.2, -0.15) is 16.7 Å². The molecule has 0 radical (unpaired) electrons. The van der Waals surface area contributed by atoms with Crippen LogP contribution in [0.1, 0.15) is 49.2 Å². The van der Waals surface area contributed by atoms with Gasteiger partial charge < -0.3 is 9.84 Å². The van der Waals surface area contributed by atoms with Crippen LogP contribution in [-0.4, -0.2) is 33.4 Å². The molecule has 0 aromatic carbocycles. The van der Waals surface area contributed by atoms with Crippen LogP contribution in [0.2, 0.25) is 0 Å². The summed E-state index contributed by atoms with van der Waals surface area (Å²) < 4.78 is 5.46. The van der Waals surface area contributed by atoms with E-state index in [1.165, 1.54) is 24.3 Å². The van der Waals surface area contributed by atoms with E-state index in [0.29, 0.717) is 10.5 Å². The van der Waals surface area contributed by atoms with Gasteiger partial charge in [0.05, 0.1) is 11.3 Å². The summed E-state index contributed by atoms with van der Waals surface area (Å²) in [5.41, 5.74) is 0. The molecule has 3 atom stereocenters. The van der Waals surface area contributed by atoms with E-state index in [-0.39, 0.29) is 6.04 Å². The van der Waals surface area contributed by atoms with Crippen LogP contribution in [0.25, 0.3) is 0 Å². The lowest BCUT2D eigenvalue weighted by atomic mass is 10.1. The molecule has 0 amide bonds. The zero-order valence-electron chi connectivity index (χ0n) is 10.6. The van der Waals surface area contributed by atoms with Crippen molar-refractivity contribution in [3.8, 4) is 0 Å². The minimum absolute atomic E-state index is 0.275. The molecule has 100 valence electrons. The minimum atomic E-state index is 0.275. The Bertz CT molecular complexity index is 392. The van der Waals surface area contributed by atoms with E-state index >= 15 is 0 Å². The summed E-state index contributed by atoms with van der Waals surface area (Å²) in [6, 6.07) is 0.275. The lowest BCUT2D eigenvalue weighted by molar-refractivity contribution is 0.296. The van der Waals surface area contributed by atoms with E-state index in [4.69, 9.17) is 4.52 Å². The first-order chi connectivity index (χ1) is 8.84. The van der Waals surface area contributed by atoms with Crippen molar-refractivity contribution in [2.24, 2.45) is 0 Å². The Labute approximate surface area is 116 Å². The number of hydrogen-bond donors (Lipinski definition) is 1. The van der Waals surface area contributed by atoms with E-state index in [9.17, 15) is 0 Å². The Kier molecular flexibility index (Phi) is 4.16. The largest absolute Gasteiger partial charge is 0.338 e. The van der Waals surface area contributed by atoms with Gasteiger partial charge in [0.1, 0.15) is 0 Å². The summed E-state index contributed by atoms with van der Waals surface area (Å²) in [5.74, 6) is 4.10. The fourth-order valence-corrected chi connectivity index (χ4v) is 5.16. The van der Waals surface area contributed by atoms with Crippen LogP contribution in [-0.2, 0) is 0 Å². The van der Waals surface area contributed by atoms with Gasteiger partial charge in [-0.15, -0.1) is 11.8 Å². The summed E-state index contributed by atoms with van der Waals surface area (Å²) in [6.07, 6.45) is 3.62. The minimum Gasteiger partial charge on any atom is -0.338 e. The predicted octanol–water partition coefficient (Wildman–Crippen LogP) is 2.79. The fraction of sp³-hybridized carbons (Fsp3) is 0.833. The van der Waals surface area contributed by atoms with E-state index in [0.717, 1.165) is 24.7 Å². The normalized spacial score (nSPS) is 33.5. The van der Waals surface area contributed by atoms with Gasteiger partial charge in [-0.05, 0) is 19.4 Å². The van der Waals surface area contributed by atoms with Gasteiger partial charge in [-0.3, -0.25) is 0 Å². The summed E-state index contributed by atoms with van der Waals surface area (Å²) in [4.78, 5) is 4.63. The van der Waals surface area contributed by atoms with Crippen LogP contribution in [0.5, 0.6) is 0 Å². The Morgan fingerprint density at radius 2 is 2.17 bits per heavy atom. The molecule has 3 heterocycles. The van der Waals surface area contributed by atoms with Crippen LogP contribution < -0.4 is 5.32 Å². The van der Waals surface area contributed by atoms with Gasteiger partial charge in [-0.25, -0.2) is 0 Å². The lowest BCUT2D eigenvalue weighted by Crippen LogP contribution is -2.27. The van der Waals surface area contributed by atoms with Gasteiger partial charge in [0.2, 0.25) is 5.89 Å². The zero-order valence-corrected chi connectivity index (χ0v) is 12.2. The molecule has 4 nitrogen and oxygen atoms in total. The molecule has 0 bridgehead atoms. The summed E-state index contributed by atoms with van der Waals surface area (Å²) in [7, 11) is 0. The number of thioether (sulfide) groups is 2. The molecule has 2 saturated heterocycles. The summed E-state index contributed by atoms with van der Waals surface area (Å²) in [6.45, 7) is 3.32. The Balaban J connectivity index is 1.71. The standard InChI is InChI=1S/C12H19N3OS2/c1-8-10(18-7-6-17-8)11-14-12(16-15-11)9-4-2-3-5-13-9/h8-10,13H,2-7H2,1H3. The summed E-state index contributed by atoms with van der Waals surface area (Å²) in [5, 5.41) is 8.63. The Morgan fingerprint density at radius 1 is 1.28 bits per heavy atom. The first-order valence-electron chi connectivity index (χ1n) is 6.64. The average molecular weight is 285 g/mol. The number of aromatic nitrogens is 2. The molecule has 0 aliphatic carbocycles. The van der Waals surface area contributed by atoms with Gasteiger partial charge in [0.25, 0.3) is 0 Å². The molecular weight excluding hydrogens is 266 g/mol. The smallest absolute Gasteiger partial charge is 0.243 e. The van der Waals surface area contributed by atoms with Crippen molar-refractivity contribution in [1.82, 2.24) is 15.5 Å². The number of rotatable bonds is 2. The third kappa shape index (κ3) is 2.70. The van der Waals surface area contributed by atoms with Crippen molar-refractivity contribution >= 4 is 23.5 Å². The first kappa shape index (κ1) is 12.8. The van der Waals surface area contributed by atoms with Crippen molar-refractivity contribution in [3.05, 3.63) is 11.7 Å². The molecule has 3 unspecified atom stereocenters. The van der Waals surface area contributed by atoms with Crippen LogP contribution in [0, 0.1) is 0 Å². The van der Waals surface area contributed by atoms with Crippen molar-refractivity contribution in [3.63, 3.8) is 0 Å². The maximum absolute atomic E-state index is 5.46. The molecule has 2 fully saturated rings. The van der Waals surface area contributed by atoms with Crippen LogP contribution in [0.4, 0.5) is 0 Å². The molecule has 1 aromatic heterocycles. The first-order valence-corrected chi connectivity index (χ1v) is 8.74. The average Bonchev–Trinajstić information content (AvgIpc) is 2.90. The van der Waals surface area contributed by atoms with Crippen molar-refractivity contribution in [1.29, 1.82) is 0 Å². The highest BCUT2D eigenvalue weighted by Gasteiger charge is 2.30. The second-order valence-electron chi connectivity index (χ2n) is 4.86. The molecule has 0 saturated carbocycles. The van der Waals surface area contributed by atoms with Crippen molar-refractivity contribution < 1.29 is 4.52 Å². The second kappa shape index (κ2) is 5.84. The zero-order chi connectivity index (χ0) is 12.4. The van der Waals surface area contributed by atoms with Crippen LogP contribution >= 0.6 is 23.5 Å². The predicted molar refractivity (Wildman–Crippen MR) is 76.0 cm³/mol. The van der Waals surface area contributed by atoms with E-state index in [1.54, 1.807) is 0 Å². The third-order valence-corrected chi connectivity index (χ3v) is 6.59.